The maximum absolute atomic E-state index is 11.1. The van der Waals surface area contributed by atoms with Crippen LogP contribution in [0.2, 0.25) is 0 Å². The molecule has 5 nitrogen and oxygen atoms in total. The second kappa shape index (κ2) is 7.61. The van der Waals surface area contributed by atoms with Crippen molar-refractivity contribution in [1.82, 2.24) is 10.2 Å². The molecule has 114 valence electrons. The van der Waals surface area contributed by atoms with Crippen molar-refractivity contribution in [3.63, 3.8) is 0 Å². The van der Waals surface area contributed by atoms with Gasteiger partial charge in [0.15, 0.2) is 0 Å². The normalized spacial score (nSPS) is 13.4. The van der Waals surface area contributed by atoms with Crippen LogP contribution in [0.25, 0.3) is 0 Å². The number of sulfone groups is 1. The summed E-state index contributed by atoms with van der Waals surface area (Å²) in [5.41, 5.74) is 1.14. The van der Waals surface area contributed by atoms with Gasteiger partial charge in [0, 0.05) is 25.4 Å². The van der Waals surface area contributed by atoms with Crippen molar-refractivity contribution in [2.45, 2.75) is 6.04 Å². The largest absolute Gasteiger partial charge is 0.497 e. The van der Waals surface area contributed by atoms with Crippen LogP contribution in [0.1, 0.15) is 11.6 Å². The van der Waals surface area contributed by atoms with Crippen LogP contribution in [0.5, 0.6) is 5.75 Å². The number of benzene rings is 1. The van der Waals surface area contributed by atoms with E-state index in [4.69, 9.17) is 4.74 Å². The number of nitrogens with one attached hydrogen (secondary N) is 1. The second-order valence-corrected chi connectivity index (χ2v) is 7.35. The van der Waals surface area contributed by atoms with Gasteiger partial charge in [0.25, 0.3) is 0 Å². The molecule has 1 atom stereocenters. The van der Waals surface area contributed by atoms with E-state index < -0.39 is 9.84 Å². The fraction of sp³-hybridized carbons (Fsp3) is 0.571. The van der Waals surface area contributed by atoms with Crippen molar-refractivity contribution in [3.8, 4) is 5.75 Å². The zero-order valence-electron chi connectivity index (χ0n) is 12.6. The second-order valence-electron chi connectivity index (χ2n) is 5.09. The van der Waals surface area contributed by atoms with Crippen molar-refractivity contribution in [2.75, 3.05) is 46.3 Å². The van der Waals surface area contributed by atoms with Crippen LogP contribution < -0.4 is 10.1 Å². The summed E-state index contributed by atoms with van der Waals surface area (Å²) in [7, 11) is 2.74. The molecule has 0 radical (unpaired) electrons. The molecule has 1 unspecified atom stereocenters. The molecule has 0 saturated carbocycles. The van der Waals surface area contributed by atoms with Crippen molar-refractivity contribution in [2.24, 2.45) is 0 Å². The maximum Gasteiger partial charge on any atom is 0.148 e. The molecule has 0 bridgehead atoms. The first-order valence-electron chi connectivity index (χ1n) is 6.52. The summed E-state index contributed by atoms with van der Waals surface area (Å²) in [6.45, 7) is 1.16. The zero-order valence-corrected chi connectivity index (χ0v) is 13.4. The number of hydrogen-bond donors (Lipinski definition) is 1. The molecule has 1 rings (SSSR count). The lowest BCUT2D eigenvalue weighted by Crippen LogP contribution is -2.33. The minimum atomic E-state index is -2.91. The van der Waals surface area contributed by atoms with Crippen LogP contribution in [0.4, 0.5) is 0 Å². The Balaban J connectivity index is 2.64. The molecular weight excluding hydrogens is 276 g/mol. The number of rotatable bonds is 8. The molecule has 1 N–H and O–H groups in total. The Labute approximate surface area is 121 Å². The topological polar surface area (TPSA) is 58.6 Å². The highest BCUT2D eigenvalue weighted by Crippen LogP contribution is 2.21. The third-order valence-corrected chi connectivity index (χ3v) is 4.03. The molecule has 0 saturated heterocycles. The highest BCUT2D eigenvalue weighted by molar-refractivity contribution is 7.90. The standard InChI is InChI=1S/C14H24N2O3S/c1-16(2)14(11-15-8-9-20(4,17)18)12-6-5-7-13(10-12)19-3/h5-7,10,14-15H,8-9,11H2,1-4H3. The van der Waals surface area contributed by atoms with Gasteiger partial charge in [-0.3, -0.25) is 0 Å². The Morgan fingerprint density at radius 1 is 1.35 bits per heavy atom. The highest BCUT2D eigenvalue weighted by Gasteiger charge is 2.14. The number of likely N-dealkylation sites (N-methyl/N-ethyl adjacent to an activating group) is 1. The van der Waals surface area contributed by atoms with Crippen LogP contribution >= 0.6 is 0 Å². The molecule has 6 heteroatoms. The van der Waals surface area contributed by atoms with Crippen LogP contribution in [0.15, 0.2) is 24.3 Å². The maximum atomic E-state index is 11.1. The Morgan fingerprint density at radius 3 is 2.60 bits per heavy atom. The van der Waals surface area contributed by atoms with E-state index in [9.17, 15) is 8.42 Å². The summed E-state index contributed by atoms with van der Waals surface area (Å²) in [6, 6.07) is 8.09. The molecule has 1 aromatic rings. The molecule has 0 aliphatic rings. The van der Waals surface area contributed by atoms with Crippen molar-refractivity contribution in [1.29, 1.82) is 0 Å². The fourth-order valence-corrected chi connectivity index (χ4v) is 2.46. The Hall–Kier alpha value is -1.11. The molecule has 0 aliphatic heterocycles. The van der Waals surface area contributed by atoms with E-state index >= 15 is 0 Å². The van der Waals surface area contributed by atoms with E-state index in [0.717, 1.165) is 11.3 Å². The van der Waals surface area contributed by atoms with Gasteiger partial charge in [-0.25, -0.2) is 8.42 Å². The van der Waals surface area contributed by atoms with Crippen molar-refractivity contribution in [3.05, 3.63) is 29.8 Å². The van der Waals surface area contributed by atoms with Crippen LogP contribution in [-0.4, -0.2) is 59.6 Å². The molecule has 0 amide bonds. The SMILES string of the molecule is COc1cccc(C(CNCCS(C)(=O)=O)N(C)C)c1. The molecular formula is C14H24N2O3S. The zero-order chi connectivity index (χ0) is 15.2. The third kappa shape index (κ3) is 5.90. The number of nitrogens with zero attached hydrogens (tertiary/aromatic N) is 1. The van der Waals surface area contributed by atoms with E-state index in [2.05, 4.69) is 10.2 Å². The van der Waals surface area contributed by atoms with Gasteiger partial charge in [0.2, 0.25) is 0 Å². The van der Waals surface area contributed by atoms with E-state index in [1.165, 1.54) is 6.26 Å². The average molecular weight is 300 g/mol. The van der Waals surface area contributed by atoms with Crippen LogP contribution in [0.3, 0.4) is 0 Å². The summed E-state index contributed by atoms with van der Waals surface area (Å²) in [4.78, 5) is 2.10. The summed E-state index contributed by atoms with van der Waals surface area (Å²) in [6.07, 6.45) is 1.25. The van der Waals surface area contributed by atoms with Gasteiger partial charge in [-0.1, -0.05) is 12.1 Å². The number of methoxy groups -OCH3 is 1. The molecule has 1 aromatic carbocycles. The van der Waals surface area contributed by atoms with Gasteiger partial charge in [0.1, 0.15) is 15.6 Å². The first-order valence-corrected chi connectivity index (χ1v) is 8.58. The monoisotopic (exact) mass is 300 g/mol. The van der Waals surface area contributed by atoms with E-state index in [1.807, 2.05) is 38.4 Å². The van der Waals surface area contributed by atoms with E-state index in [0.29, 0.717) is 13.1 Å². The molecule has 0 fully saturated rings. The Kier molecular flexibility index (Phi) is 6.45. The van der Waals surface area contributed by atoms with E-state index in [-0.39, 0.29) is 11.8 Å². The lowest BCUT2D eigenvalue weighted by molar-refractivity contribution is 0.289. The predicted octanol–water partition coefficient (Wildman–Crippen LogP) is 0.932. The van der Waals surface area contributed by atoms with Crippen LogP contribution in [-0.2, 0) is 9.84 Å². The minimum Gasteiger partial charge on any atom is -0.497 e. The smallest absolute Gasteiger partial charge is 0.148 e. The number of hydrogen-bond acceptors (Lipinski definition) is 5. The first kappa shape index (κ1) is 16.9. The first-order chi connectivity index (χ1) is 9.33. The van der Waals surface area contributed by atoms with Gasteiger partial charge in [-0.2, -0.15) is 0 Å². The van der Waals surface area contributed by atoms with Crippen molar-refractivity contribution < 1.29 is 13.2 Å². The summed E-state index contributed by atoms with van der Waals surface area (Å²) in [5, 5.41) is 3.20. The number of ether oxygens (including phenoxy) is 1. The van der Waals surface area contributed by atoms with Gasteiger partial charge in [0.05, 0.1) is 12.9 Å². The lowest BCUT2D eigenvalue weighted by Gasteiger charge is -2.25. The average Bonchev–Trinajstić information content (AvgIpc) is 2.37. The summed E-state index contributed by atoms with van der Waals surface area (Å²) < 4.78 is 27.4. The highest BCUT2D eigenvalue weighted by atomic mass is 32.2. The van der Waals surface area contributed by atoms with Gasteiger partial charge >= 0.3 is 0 Å². The lowest BCUT2D eigenvalue weighted by atomic mass is 10.1. The Morgan fingerprint density at radius 2 is 2.05 bits per heavy atom. The van der Waals surface area contributed by atoms with Gasteiger partial charge in [-0.05, 0) is 31.8 Å². The Bertz CT molecular complexity index is 515. The van der Waals surface area contributed by atoms with Gasteiger partial charge in [-0.15, -0.1) is 0 Å². The molecule has 0 heterocycles. The summed E-state index contributed by atoms with van der Waals surface area (Å²) in [5.74, 6) is 0.983. The predicted molar refractivity (Wildman–Crippen MR) is 82.0 cm³/mol. The third-order valence-electron chi connectivity index (χ3n) is 3.09. The van der Waals surface area contributed by atoms with E-state index in [1.54, 1.807) is 7.11 Å². The van der Waals surface area contributed by atoms with Gasteiger partial charge < -0.3 is 15.0 Å². The molecule has 0 aromatic heterocycles. The quantitative estimate of drug-likeness (QED) is 0.724. The van der Waals surface area contributed by atoms with Crippen LogP contribution in [0, 0.1) is 0 Å². The minimum absolute atomic E-state index is 0.158. The van der Waals surface area contributed by atoms with Crippen molar-refractivity contribution >= 4 is 9.84 Å². The molecule has 20 heavy (non-hydrogen) atoms. The molecule has 0 aliphatic carbocycles. The molecule has 0 spiro atoms. The summed E-state index contributed by atoms with van der Waals surface area (Å²) >= 11 is 0. The fourth-order valence-electron chi connectivity index (χ4n) is 1.94.